The van der Waals surface area contributed by atoms with Crippen LogP contribution in [0.25, 0.3) is 44.3 Å². The molecule has 28 heavy (non-hydrogen) atoms. The van der Waals surface area contributed by atoms with Gasteiger partial charge in [-0.3, -0.25) is 0 Å². The molecular weight excluding hydrogens is 438 g/mol. The van der Waals surface area contributed by atoms with Crippen molar-refractivity contribution in [2.45, 2.75) is 0 Å². The number of halogens is 4. The molecule has 3 aromatic rings. The van der Waals surface area contributed by atoms with E-state index in [0.717, 1.165) is 11.0 Å². The van der Waals surface area contributed by atoms with Crippen molar-refractivity contribution in [3.05, 3.63) is 69.2 Å². The first-order valence-electron chi connectivity index (χ1n) is 8.27. The summed E-state index contributed by atoms with van der Waals surface area (Å²) in [5, 5.41) is 2.18. The van der Waals surface area contributed by atoms with Crippen molar-refractivity contribution in [1.29, 1.82) is 0 Å². The Hall–Kier alpha value is -2.24. The zero-order valence-corrected chi connectivity index (χ0v) is 17.0. The highest BCUT2D eigenvalue weighted by atomic mass is 35.5. The van der Waals surface area contributed by atoms with Crippen LogP contribution in [0.3, 0.4) is 0 Å². The number of nitrogens with one attached hydrogen (secondary N) is 2. The Morgan fingerprint density at radius 2 is 1.04 bits per heavy atom. The van der Waals surface area contributed by atoms with E-state index in [1.165, 1.54) is 0 Å². The largest absolute Gasteiger partial charge is 0.354 e. The lowest BCUT2D eigenvalue weighted by atomic mass is 10.3. The summed E-state index contributed by atoms with van der Waals surface area (Å²) in [5.41, 5.74) is 5.65. The van der Waals surface area contributed by atoms with Crippen LogP contribution in [0.5, 0.6) is 0 Å². The van der Waals surface area contributed by atoms with E-state index < -0.39 is 0 Å². The molecule has 5 heterocycles. The van der Waals surface area contributed by atoms with Gasteiger partial charge in [-0.25, -0.2) is 9.97 Å². The number of H-pyrrole nitrogens is 2. The van der Waals surface area contributed by atoms with Gasteiger partial charge in [0.2, 0.25) is 0 Å². The Bertz CT molecular complexity index is 1260. The van der Waals surface area contributed by atoms with Gasteiger partial charge < -0.3 is 9.97 Å². The molecule has 0 aliphatic carbocycles. The Kier molecular flexibility index (Phi) is 4.25. The molecule has 4 nitrogen and oxygen atoms in total. The highest BCUT2D eigenvalue weighted by Gasteiger charge is 2.12. The third kappa shape index (κ3) is 3.23. The van der Waals surface area contributed by atoms with E-state index in [4.69, 9.17) is 46.4 Å². The minimum Gasteiger partial charge on any atom is -0.354 e. The minimum atomic E-state index is 0.525. The maximum absolute atomic E-state index is 6.37. The average molecular weight is 448 g/mol. The van der Waals surface area contributed by atoms with Crippen LogP contribution in [0.1, 0.15) is 22.8 Å². The van der Waals surface area contributed by atoms with E-state index in [1.807, 2.05) is 36.4 Å². The van der Waals surface area contributed by atoms with Crippen molar-refractivity contribution in [3.63, 3.8) is 0 Å². The molecule has 2 aliphatic rings. The van der Waals surface area contributed by atoms with Gasteiger partial charge in [-0.1, -0.05) is 46.4 Å². The molecule has 0 radical (unpaired) electrons. The fraction of sp³-hybridized carbons (Fsp3) is 0. The standard InChI is InChI=1S/C20H10Cl4N4/c21-13-3-9-1-10-4-14(22)18(26-10)8-20-16(24)6-12(28-20)2-11-5-15(23)19(27-11)7-17(13)25-9/h1-8,25-26H. The molecular formula is C20H10Cl4N4. The van der Waals surface area contributed by atoms with E-state index in [0.29, 0.717) is 53.9 Å². The molecule has 8 heteroatoms. The van der Waals surface area contributed by atoms with Crippen molar-refractivity contribution in [1.82, 2.24) is 19.9 Å². The predicted molar refractivity (Wildman–Crippen MR) is 118 cm³/mol. The second kappa shape index (κ2) is 6.68. The van der Waals surface area contributed by atoms with Crippen molar-refractivity contribution in [3.8, 4) is 0 Å². The average Bonchev–Trinajstić information content (AvgIpc) is 3.33. The predicted octanol–water partition coefficient (Wildman–Crippen LogP) is 7.10. The van der Waals surface area contributed by atoms with Gasteiger partial charge in [0.15, 0.2) is 0 Å². The molecule has 2 N–H and O–H groups in total. The third-order valence-corrected chi connectivity index (χ3v) is 5.57. The zero-order valence-electron chi connectivity index (χ0n) is 14.0. The molecule has 0 saturated carbocycles. The Labute approximate surface area is 179 Å². The van der Waals surface area contributed by atoms with Crippen LogP contribution < -0.4 is 0 Å². The quantitative estimate of drug-likeness (QED) is 0.386. The SMILES string of the molecule is ClC1=Cc2cc3nc(cc4[nH]c(cc4Cl)cc4cc(Cl)c(cc1n2)[nH]4)C(Cl)=C3. The van der Waals surface area contributed by atoms with E-state index in [9.17, 15) is 0 Å². The van der Waals surface area contributed by atoms with Gasteiger partial charge in [-0.15, -0.1) is 0 Å². The highest BCUT2D eigenvalue weighted by Crippen LogP contribution is 2.30. The number of aromatic amines is 2. The van der Waals surface area contributed by atoms with Crippen LogP contribution in [0.4, 0.5) is 0 Å². The van der Waals surface area contributed by atoms with Crippen LogP contribution in [-0.4, -0.2) is 19.9 Å². The molecule has 0 aromatic carbocycles. The smallest absolute Gasteiger partial charge is 0.0845 e. The second-order valence-electron chi connectivity index (χ2n) is 6.38. The van der Waals surface area contributed by atoms with E-state index in [-0.39, 0.29) is 0 Å². The summed E-state index contributed by atoms with van der Waals surface area (Å²) < 4.78 is 0. The summed E-state index contributed by atoms with van der Waals surface area (Å²) in [4.78, 5) is 15.6. The molecule has 3 aromatic heterocycles. The topological polar surface area (TPSA) is 57.4 Å². The van der Waals surface area contributed by atoms with Crippen LogP contribution in [0.2, 0.25) is 10.0 Å². The van der Waals surface area contributed by atoms with Crippen LogP contribution in [0, 0.1) is 0 Å². The number of hydrogen-bond donors (Lipinski definition) is 2. The maximum atomic E-state index is 6.37. The van der Waals surface area contributed by atoms with Crippen molar-refractivity contribution in [2.24, 2.45) is 0 Å². The number of rotatable bonds is 0. The molecule has 138 valence electrons. The lowest BCUT2D eigenvalue weighted by molar-refractivity contribution is 1.27. The fourth-order valence-corrected chi connectivity index (χ4v) is 3.95. The van der Waals surface area contributed by atoms with Gasteiger partial charge in [-0.2, -0.15) is 0 Å². The maximum Gasteiger partial charge on any atom is 0.0845 e. The molecule has 2 aliphatic heterocycles. The van der Waals surface area contributed by atoms with Gasteiger partial charge in [0.05, 0.1) is 53.9 Å². The third-order valence-electron chi connectivity index (χ3n) is 4.34. The highest BCUT2D eigenvalue weighted by molar-refractivity contribution is 6.52. The van der Waals surface area contributed by atoms with Gasteiger partial charge in [0, 0.05) is 11.0 Å². The Morgan fingerprint density at radius 1 is 0.571 bits per heavy atom. The van der Waals surface area contributed by atoms with Gasteiger partial charge in [-0.05, 0) is 48.6 Å². The van der Waals surface area contributed by atoms with Gasteiger partial charge in [0.25, 0.3) is 0 Å². The summed E-state index contributed by atoms with van der Waals surface area (Å²) >= 11 is 25.5. The molecule has 0 saturated heterocycles. The second-order valence-corrected chi connectivity index (χ2v) is 8.01. The molecule has 0 spiro atoms. The zero-order chi connectivity index (χ0) is 19.4. The van der Waals surface area contributed by atoms with E-state index in [1.54, 1.807) is 12.2 Å². The summed E-state index contributed by atoms with van der Waals surface area (Å²) in [5.74, 6) is 0. The molecule has 0 amide bonds. The molecule has 0 atom stereocenters. The van der Waals surface area contributed by atoms with Gasteiger partial charge >= 0.3 is 0 Å². The summed E-state index contributed by atoms with van der Waals surface area (Å²) in [6.07, 6.45) is 3.55. The fourth-order valence-electron chi connectivity index (χ4n) is 3.10. The summed E-state index contributed by atoms with van der Waals surface area (Å²) in [6.45, 7) is 0. The van der Waals surface area contributed by atoms with Crippen molar-refractivity contribution in [2.75, 3.05) is 0 Å². The molecule has 0 fully saturated rings. The van der Waals surface area contributed by atoms with Crippen LogP contribution in [0.15, 0.2) is 36.4 Å². The molecule has 0 unspecified atom stereocenters. The number of nitrogens with zero attached hydrogens (tertiary/aromatic N) is 2. The molecule has 5 rings (SSSR count). The van der Waals surface area contributed by atoms with E-state index >= 15 is 0 Å². The van der Waals surface area contributed by atoms with Crippen LogP contribution in [-0.2, 0) is 0 Å². The normalized spacial score (nSPS) is 13.4. The summed E-state index contributed by atoms with van der Waals surface area (Å²) in [7, 11) is 0. The van der Waals surface area contributed by atoms with Crippen LogP contribution >= 0.6 is 46.4 Å². The lowest BCUT2D eigenvalue weighted by Crippen LogP contribution is -1.78. The number of hydrogen-bond acceptors (Lipinski definition) is 2. The first-order chi connectivity index (χ1) is 13.4. The summed E-state index contributed by atoms with van der Waals surface area (Å²) in [6, 6.07) is 11.0. The molecule has 8 bridgehead atoms. The minimum absolute atomic E-state index is 0.525. The first-order valence-corrected chi connectivity index (χ1v) is 9.78. The van der Waals surface area contributed by atoms with Crippen molar-refractivity contribution >= 4 is 90.7 Å². The Morgan fingerprint density at radius 3 is 1.50 bits per heavy atom. The Balaban J connectivity index is 1.91. The number of fused-ring (bicyclic) bond motifs is 8. The number of aromatic nitrogens is 4. The van der Waals surface area contributed by atoms with Gasteiger partial charge in [0.1, 0.15) is 0 Å². The monoisotopic (exact) mass is 446 g/mol. The van der Waals surface area contributed by atoms with Crippen molar-refractivity contribution < 1.29 is 0 Å². The lowest BCUT2D eigenvalue weighted by Gasteiger charge is -1.88. The first kappa shape index (κ1) is 17.8. The van der Waals surface area contributed by atoms with E-state index in [2.05, 4.69) is 19.9 Å².